The Kier molecular flexibility index (Phi) is 6.26. The highest BCUT2D eigenvalue weighted by Gasteiger charge is 2.29. The number of hydrogen-bond acceptors (Lipinski definition) is 6. The quantitative estimate of drug-likeness (QED) is 0.586. The van der Waals surface area contributed by atoms with Crippen LogP contribution in [0.25, 0.3) is 0 Å². The third kappa shape index (κ3) is 4.73. The van der Waals surface area contributed by atoms with Gasteiger partial charge in [-0.25, -0.2) is 8.42 Å². The van der Waals surface area contributed by atoms with E-state index < -0.39 is 10.0 Å². The zero-order valence-corrected chi connectivity index (χ0v) is 18.5. The molecular weight excluding hydrogens is 436 g/mol. The van der Waals surface area contributed by atoms with Crippen molar-refractivity contribution < 1.29 is 22.7 Å². The number of nitrogens with zero attached hydrogens (tertiary/aromatic N) is 1. The van der Waals surface area contributed by atoms with Crippen LogP contribution in [0.15, 0.2) is 64.2 Å². The molecule has 31 heavy (non-hydrogen) atoms. The summed E-state index contributed by atoms with van der Waals surface area (Å²) >= 11 is 1.21. The molecule has 1 aliphatic heterocycles. The number of rotatable bonds is 7. The van der Waals surface area contributed by atoms with Crippen LogP contribution in [0.3, 0.4) is 0 Å². The summed E-state index contributed by atoms with van der Waals surface area (Å²) in [7, 11) is -1.97. The van der Waals surface area contributed by atoms with Crippen molar-refractivity contribution in [1.82, 2.24) is 4.31 Å². The van der Waals surface area contributed by atoms with Gasteiger partial charge in [0.15, 0.2) is 18.1 Å². The van der Waals surface area contributed by atoms with E-state index in [2.05, 4.69) is 5.32 Å². The van der Waals surface area contributed by atoms with Gasteiger partial charge in [0.25, 0.3) is 15.9 Å². The summed E-state index contributed by atoms with van der Waals surface area (Å²) in [4.78, 5) is 12.4. The molecule has 2 aromatic carbocycles. The van der Waals surface area contributed by atoms with Gasteiger partial charge in [-0.05, 0) is 53.3 Å². The third-order valence-corrected chi connectivity index (χ3v) is 8.20. The maximum atomic E-state index is 12.8. The molecule has 0 atom stereocenters. The van der Waals surface area contributed by atoms with E-state index in [1.165, 1.54) is 22.8 Å². The largest absolute Gasteiger partial charge is 0.493 e. The Morgan fingerprint density at radius 2 is 1.90 bits per heavy atom. The Bertz CT molecular complexity index is 1180. The molecule has 4 rings (SSSR count). The molecule has 0 saturated heterocycles. The Morgan fingerprint density at radius 1 is 1.10 bits per heavy atom. The van der Waals surface area contributed by atoms with Crippen molar-refractivity contribution in [2.24, 2.45) is 0 Å². The fourth-order valence-corrected chi connectivity index (χ4v) is 5.99. The van der Waals surface area contributed by atoms with E-state index >= 15 is 0 Å². The van der Waals surface area contributed by atoms with Crippen LogP contribution in [-0.4, -0.2) is 38.9 Å². The molecule has 162 valence electrons. The lowest BCUT2D eigenvalue weighted by molar-refractivity contribution is -0.118. The van der Waals surface area contributed by atoms with E-state index in [9.17, 15) is 13.2 Å². The Hall–Kier alpha value is -2.88. The van der Waals surface area contributed by atoms with Gasteiger partial charge in [-0.15, -0.1) is 11.3 Å². The molecule has 2 heterocycles. The summed E-state index contributed by atoms with van der Waals surface area (Å²) in [5, 5.41) is 4.57. The van der Waals surface area contributed by atoms with Crippen LogP contribution in [0.1, 0.15) is 11.1 Å². The summed E-state index contributed by atoms with van der Waals surface area (Å²) in [5.41, 5.74) is 2.57. The van der Waals surface area contributed by atoms with Crippen LogP contribution in [0.2, 0.25) is 0 Å². The maximum absolute atomic E-state index is 12.8. The smallest absolute Gasteiger partial charge is 0.262 e. The average Bonchev–Trinajstić information content (AvgIpc) is 3.33. The van der Waals surface area contributed by atoms with Crippen molar-refractivity contribution in [2.45, 2.75) is 17.2 Å². The van der Waals surface area contributed by atoms with Crippen LogP contribution in [0.4, 0.5) is 5.69 Å². The number of anilines is 1. The first-order valence-electron chi connectivity index (χ1n) is 9.68. The normalized spacial score (nSPS) is 14.0. The first-order valence-corrected chi connectivity index (χ1v) is 12.0. The van der Waals surface area contributed by atoms with Gasteiger partial charge in [-0.2, -0.15) is 4.31 Å². The number of ether oxygens (including phenoxy) is 2. The number of hydrogen-bond donors (Lipinski definition) is 1. The molecule has 0 fully saturated rings. The van der Waals surface area contributed by atoms with Gasteiger partial charge in [0.1, 0.15) is 4.21 Å². The average molecular weight is 459 g/mol. The zero-order valence-electron chi connectivity index (χ0n) is 16.9. The number of benzene rings is 2. The van der Waals surface area contributed by atoms with Crippen LogP contribution in [0, 0.1) is 0 Å². The van der Waals surface area contributed by atoms with Crippen molar-refractivity contribution in [3.63, 3.8) is 0 Å². The van der Waals surface area contributed by atoms with Crippen molar-refractivity contribution in [3.05, 3.63) is 71.1 Å². The van der Waals surface area contributed by atoms with Gasteiger partial charge in [0.2, 0.25) is 0 Å². The lowest BCUT2D eigenvalue weighted by Crippen LogP contribution is -2.35. The summed E-state index contributed by atoms with van der Waals surface area (Å²) < 4.78 is 38.3. The summed E-state index contributed by atoms with van der Waals surface area (Å²) in [6, 6.07) is 16.0. The second-order valence-electron chi connectivity index (χ2n) is 6.99. The number of nitrogens with one attached hydrogen (secondary N) is 1. The SMILES string of the molecule is COc1ccccc1OCC(=O)Nc1ccc2c(c1)CN(S(=O)(=O)c1cccs1)CC2. The minimum atomic E-state index is -3.51. The second-order valence-corrected chi connectivity index (χ2v) is 10.1. The number of carbonyl (C=O) groups is 1. The highest BCUT2D eigenvalue weighted by atomic mass is 32.2. The molecule has 7 nitrogen and oxygen atoms in total. The van der Waals surface area contributed by atoms with Crippen LogP contribution < -0.4 is 14.8 Å². The fourth-order valence-electron chi connectivity index (χ4n) is 3.43. The van der Waals surface area contributed by atoms with E-state index in [1.54, 1.807) is 35.7 Å². The van der Waals surface area contributed by atoms with E-state index in [0.29, 0.717) is 34.4 Å². The van der Waals surface area contributed by atoms with Gasteiger partial charge < -0.3 is 14.8 Å². The predicted octanol–water partition coefficient (Wildman–Crippen LogP) is 3.52. The standard InChI is InChI=1S/C22H22N2O5S2/c1-28-19-5-2-3-6-20(19)29-15-21(25)23-18-9-8-16-10-11-24(14-17(16)13-18)31(26,27)22-7-4-12-30-22/h2-9,12-13H,10-11,14-15H2,1H3,(H,23,25). The fraction of sp³-hybridized carbons (Fsp3) is 0.227. The molecule has 9 heteroatoms. The predicted molar refractivity (Wildman–Crippen MR) is 119 cm³/mol. The highest BCUT2D eigenvalue weighted by Crippen LogP contribution is 2.29. The van der Waals surface area contributed by atoms with Crippen molar-refractivity contribution in [3.8, 4) is 11.5 Å². The summed E-state index contributed by atoms with van der Waals surface area (Å²) in [5.74, 6) is 0.723. The minimum Gasteiger partial charge on any atom is -0.493 e. The van der Waals surface area contributed by atoms with Crippen LogP contribution in [0.5, 0.6) is 11.5 Å². The first kappa shape index (κ1) is 21.4. The number of amides is 1. The van der Waals surface area contributed by atoms with E-state index in [4.69, 9.17) is 9.47 Å². The lowest BCUT2D eigenvalue weighted by atomic mass is 10.0. The Morgan fingerprint density at radius 3 is 2.65 bits per heavy atom. The molecule has 0 radical (unpaired) electrons. The first-order chi connectivity index (χ1) is 15.0. The number of carbonyl (C=O) groups excluding carboxylic acids is 1. The van der Waals surface area contributed by atoms with E-state index in [-0.39, 0.29) is 19.1 Å². The topological polar surface area (TPSA) is 84.9 Å². The van der Waals surface area contributed by atoms with Crippen LogP contribution >= 0.6 is 11.3 Å². The third-order valence-electron chi connectivity index (χ3n) is 4.98. The van der Waals surface area contributed by atoms with Crippen molar-refractivity contribution in [1.29, 1.82) is 0 Å². The molecule has 0 unspecified atom stereocenters. The highest BCUT2D eigenvalue weighted by molar-refractivity contribution is 7.91. The van der Waals surface area contributed by atoms with Crippen LogP contribution in [-0.2, 0) is 27.8 Å². The number of sulfonamides is 1. The van der Waals surface area contributed by atoms with Gasteiger partial charge in [0.05, 0.1) is 7.11 Å². The Labute approximate surface area is 185 Å². The lowest BCUT2D eigenvalue weighted by Gasteiger charge is -2.28. The number of para-hydroxylation sites is 2. The second kappa shape index (κ2) is 9.09. The molecule has 1 aliphatic rings. The molecule has 0 saturated carbocycles. The zero-order chi connectivity index (χ0) is 21.8. The van der Waals surface area contributed by atoms with Gasteiger partial charge in [-0.1, -0.05) is 24.3 Å². The van der Waals surface area contributed by atoms with Gasteiger partial charge in [0, 0.05) is 18.8 Å². The van der Waals surface area contributed by atoms with Gasteiger partial charge >= 0.3 is 0 Å². The molecule has 0 bridgehead atoms. The van der Waals surface area contributed by atoms with E-state index in [0.717, 1.165) is 11.1 Å². The maximum Gasteiger partial charge on any atom is 0.262 e. The number of fused-ring (bicyclic) bond motifs is 1. The molecule has 3 aromatic rings. The van der Waals surface area contributed by atoms with Crippen molar-refractivity contribution >= 4 is 33.0 Å². The monoisotopic (exact) mass is 458 g/mol. The minimum absolute atomic E-state index is 0.170. The van der Waals surface area contributed by atoms with Gasteiger partial charge in [-0.3, -0.25) is 4.79 Å². The summed E-state index contributed by atoms with van der Waals surface area (Å²) in [6.07, 6.45) is 0.630. The molecule has 1 amide bonds. The molecule has 1 N–H and O–H groups in total. The van der Waals surface area contributed by atoms with Crippen molar-refractivity contribution in [2.75, 3.05) is 25.6 Å². The molecule has 0 spiro atoms. The molecular formula is C22H22N2O5S2. The summed E-state index contributed by atoms with van der Waals surface area (Å²) in [6.45, 7) is 0.541. The van der Waals surface area contributed by atoms with E-state index in [1.807, 2.05) is 24.3 Å². The molecule has 0 aliphatic carbocycles. The molecule has 1 aromatic heterocycles. The number of thiophene rings is 1. The Balaban J connectivity index is 1.42. The number of methoxy groups -OCH3 is 1.